The minimum Gasteiger partial charge on any atom is -0.254 e. The van der Waals surface area contributed by atoms with Crippen molar-refractivity contribution in [3.63, 3.8) is 0 Å². The highest BCUT2D eigenvalue weighted by Crippen LogP contribution is 2.43. The summed E-state index contributed by atoms with van der Waals surface area (Å²) in [6, 6.07) is 38.7. The molecular formula is C38H32N2. The van der Waals surface area contributed by atoms with Crippen molar-refractivity contribution in [2.75, 3.05) is 0 Å². The second-order valence-electron chi connectivity index (χ2n) is 10.4. The zero-order valence-electron chi connectivity index (χ0n) is 23.4. The molecule has 6 rings (SSSR count). The van der Waals surface area contributed by atoms with E-state index < -0.39 is 0 Å². The molecule has 0 bridgehead atoms. The lowest BCUT2D eigenvalue weighted by Gasteiger charge is -2.19. The maximum Gasteiger partial charge on any atom is 0.0970 e. The average molecular weight is 517 g/mol. The van der Waals surface area contributed by atoms with Gasteiger partial charge in [0.1, 0.15) is 0 Å². The monoisotopic (exact) mass is 516 g/mol. The lowest BCUT2D eigenvalue weighted by Crippen LogP contribution is -1.98. The third-order valence-corrected chi connectivity index (χ3v) is 7.78. The molecule has 0 atom stereocenters. The number of aromatic nitrogens is 2. The van der Waals surface area contributed by atoms with Gasteiger partial charge in [-0.1, -0.05) is 97.1 Å². The van der Waals surface area contributed by atoms with Crippen molar-refractivity contribution < 1.29 is 0 Å². The van der Waals surface area contributed by atoms with Crippen LogP contribution in [0.2, 0.25) is 0 Å². The molecule has 0 aliphatic rings. The number of hydrogen-bond donors (Lipinski definition) is 0. The van der Waals surface area contributed by atoms with Gasteiger partial charge in [-0.05, 0) is 95.5 Å². The standard InChI is InChI=1S/C38H32N2/c1-25-13-9-14-26(2)35(25)31-19-7-5-17-29(31)33-21-11-23-39-37(33)38-34(22-12-24-40-38)30-18-6-8-20-32(30)36-27(3)15-10-16-28(36)4/h5-24H,1-4H3. The van der Waals surface area contributed by atoms with Crippen molar-refractivity contribution in [1.29, 1.82) is 0 Å². The normalized spacial score (nSPS) is 11.0. The van der Waals surface area contributed by atoms with Crippen LogP contribution in [0.1, 0.15) is 22.3 Å². The Morgan fingerprint density at radius 2 is 0.650 bits per heavy atom. The summed E-state index contributed by atoms with van der Waals surface area (Å²) in [7, 11) is 0. The maximum absolute atomic E-state index is 4.97. The smallest absolute Gasteiger partial charge is 0.0970 e. The molecule has 0 aliphatic carbocycles. The van der Waals surface area contributed by atoms with E-state index in [1.165, 1.54) is 44.5 Å². The molecule has 0 fully saturated rings. The second-order valence-corrected chi connectivity index (χ2v) is 10.4. The predicted octanol–water partition coefficient (Wildman–Crippen LogP) is 10.0. The van der Waals surface area contributed by atoms with Gasteiger partial charge < -0.3 is 0 Å². The molecule has 2 aromatic heterocycles. The molecule has 0 saturated carbocycles. The summed E-state index contributed by atoms with van der Waals surface area (Å²) in [4.78, 5) is 9.93. The van der Waals surface area contributed by atoms with Crippen LogP contribution in [0.25, 0.3) is 55.9 Å². The van der Waals surface area contributed by atoms with E-state index >= 15 is 0 Å². The first-order valence-corrected chi connectivity index (χ1v) is 13.8. The molecule has 0 spiro atoms. The van der Waals surface area contributed by atoms with E-state index in [1.807, 2.05) is 24.5 Å². The summed E-state index contributed by atoms with van der Waals surface area (Å²) in [6.07, 6.45) is 3.74. The Morgan fingerprint density at radius 3 is 1.02 bits per heavy atom. The van der Waals surface area contributed by atoms with Gasteiger partial charge in [0.05, 0.1) is 11.4 Å². The zero-order chi connectivity index (χ0) is 27.6. The van der Waals surface area contributed by atoms with Gasteiger partial charge in [0.15, 0.2) is 0 Å². The van der Waals surface area contributed by atoms with Crippen LogP contribution in [0.5, 0.6) is 0 Å². The highest BCUT2D eigenvalue weighted by atomic mass is 14.8. The Balaban J connectivity index is 1.59. The van der Waals surface area contributed by atoms with E-state index in [0.29, 0.717) is 0 Å². The average Bonchev–Trinajstić information content (AvgIpc) is 2.98. The van der Waals surface area contributed by atoms with Crippen LogP contribution in [-0.2, 0) is 0 Å². The third-order valence-electron chi connectivity index (χ3n) is 7.78. The lowest BCUT2D eigenvalue weighted by molar-refractivity contribution is 1.25. The van der Waals surface area contributed by atoms with Crippen molar-refractivity contribution in [2.45, 2.75) is 27.7 Å². The molecular weight excluding hydrogens is 484 g/mol. The first-order valence-electron chi connectivity index (χ1n) is 13.8. The quantitative estimate of drug-likeness (QED) is 0.228. The van der Waals surface area contributed by atoms with Crippen LogP contribution in [0.3, 0.4) is 0 Å². The van der Waals surface area contributed by atoms with Gasteiger partial charge in [-0.25, -0.2) is 0 Å². The lowest BCUT2D eigenvalue weighted by atomic mass is 9.86. The molecule has 194 valence electrons. The highest BCUT2D eigenvalue weighted by Gasteiger charge is 2.20. The molecule has 0 unspecified atom stereocenters. The Labute approximate surface area is 237 Å². The molecule has 0 aliphatic heterocycles. The van der Waals surface area contributed by atoms with E-state index in [1.54, 1.807) is 0 Å². The van der Waals surface area contributed by atoms with Crippen molar-refractivity contribution in [2.24, 2.45) is 0 Å². The number of pyridine rings is 2. The number of nitrogens with zero attached hydrogens (tertiary/aromatic N) is 2. The summed E-state index contributed by atoms with van der Waals surface area (Å²) in [5, 5.41) is 0. The minimum absolute atomic E-state index is 0.882. The predicted molar refractivity (Wildman–Crippen MR) is 168 cm³/mol. The number of aryl methyl sites for hydroxylation is 4. The number of hydrogen-bond acceptors (Lipinski definition) is 2. The summed E-state index contributed by atoms with van der Waals surface area (Å²) >= 11 is 0. The summed E-state index contributed by atoms with van der Waals surface area (Å²) in [5.74, 6) is 0. The largest absolute Gasteiger partial charge is 0.254 e. The van der Waals surface area contributed by atoms with Crippen LogP contribution in [0.4, 0.5) is 0 Å². The fraction of sp³-hybridized carbons (Fsp3) is 0.105. The first kappa shape index (κ1) is 25.5. The summed E-state index contributed by atoms with van der Waals surface area (Å²) < 4.78 is 0. The minimum atomic E-state index is 0.882. The van der Waals surface area contributed by atoms with Gasteiger partial charge in [0, 0.05) is 23.5 Å². The van der Waals surface area contributed by atoms with Crippen LogP contribution in [-0.4, -0.2) is 9.97 Å². The van der Waals surface area contributed by atoms with Gasteiger partial charge in [0.2, 0.25) is 0 Å². The molecule has 6 aromatic rings. The summed E-state index contributed by atoms with van der Waals surface area (Å²) in [6.45, 7) is 8.74. The molecule has 0 N–H and O–H groups in total. The van der Waals surface area contributed by atoms with Crippen LogP contribution < -0.4 is 0 Å². The van der Waals surface area contributed by atoms with Gasteiger partial charge >= 0.3 is 0 Å². The van der Waals surface area contributed by atoms with Crippen LogP contribution in [0, 0.1) is 27.7 Å². The van der Waals surface area contributed by atoms with Crippen LogP contribution >= 0.6 is 0 Å². The van der Waals surface area contributed by atoms with Crippen molar-refractivity contribution >= 4 is 0 Å². The van der Waals surface area contributed by atoms with Crippen molar-refractivity contribution in [1.82, 2.24) is 9.97 Å². The Morgan fingerprint density at radius 1 is 0.325 bits per heavy atom. The molecule has 40 heavy (non-hydrogen) atoms. The summed E-state index contributed by atoms with van der Waals surface area (Å²) in [5.41, 5.74) is 16.2. The van der Waals surface area contributed by atoms with E-state index in [-0.39, 0.29) is 0 Å². The molecule has 0 saturated heterocycles. The fourth-order valence-electron chi connectivity index (χ4n) is 5.97. The van der Waals surface area contributed by atoms with Gasteiger partial charge in [-0.3, -0.25) is 9.97 Å². The van der Waals surface area contributed by atoms with E-state index in [4.69, 9.17) is 9.97 Å². The number of benzene rings is 4. The van der Waals surface area contributed by atoms with Gasteiger partial charge in [-0.15, -0.1) is 0 Å². The molecule has 0 amide bonds. The van der Waals surface area contributed by atoms with E-state index in [9.17, 15) is 0 Å². The fourth-order valence-corrected chi connectivity index (χ4v) is 5.97. The van der Waals surface area contributed by atoms with Crippen molar-refractivity contribution in [3.8, 4) is 55.9 Å². The molecule has 2 heterocycles. The molecule has 4 aromatic carbocycles. The van der Waals surface area contributed by atoms with Gasteiger partial charge in [0.25, 0.3) is 0 Å². The zero-order valence-corrected chi connectivity index (χ0v) is 23.4. The molecule has 2 heteroatoms. The Kier molecular flexibility index (Phi) is 6.84. The van der Waals surface area contributed by atoms with Crippen LogP contribution in [0.15, 0.2) is 122 Å². The molecule has 2 nitrogen and oxygen atoms in total. The topological polar surface area (TPSA) is 25.8 Å². The SMILES string of the molecule is Cc1cccc(C)c1-c1ccccc1-c1cccnc1-c1ncccc1-c1ccccc1-c1c(C)cccc1C. The first-order chi connectivity index (χ1) is 19.5. The second kappa shape index (κ2) is 10.7. The Hall–Kier alpha value is -4.82. The van der Waals surface area contributed by atoms with Gasteiger partial charge in [-0.2, -0.15) is 0 Å². The third kappa shape index (κ3) is 4.52. The Bertz CT molecular complexity index is 1670. The van der Waals surface area contributed by atoms with E-state index in [2.05, 4.69) is 125 Å². The maximum atomic E-state index is 4.97. The van der Waals surface area contributed by atoms with E-state index in [0.717, 1.165) is 33.6 Å². The highest BCUT2D eigenvalue weighted by molar-refractivity contribution is 5.96. The van der Waals surface area contributed by atoms with Crippen molar-refractivity contribution in [3.05, 3.63) is 144 Å². The molecule has 0 radical (unpaired) electrons. The number of rotatable bonds is 5.